The van der Waals surface area contributed by atoms with Gasteiger partial charge in [0, 0.05) is 43.1 Å². The lowest BCUT2D eigenvalue weighted by Gasteiger charge is -2.32. The van der Waals surface area contributed by atoms with Crippen molar-refractivity contribution in [2.24, 2.45) is 0 Å². The number of amides is 1. The van der Waals surface area contributed by atoms with Crippen LogP contribution >= 0.6 is 11.3 Å². The predicted molar refractivity (Wildman–Crippen MR) is 130 cm³/mol. The maximum atomic E-state index is 13.8. The van der Waals surface area contributed by atoms with E-state index in [4.69, 9.17) is 15.0 Å². The second kappa shape index (κ2) is 9.95. The largest absolute Gasteiger partial charge is 0.342 e. The first kappa shape index (κ1) is 23.3. The molecule has 33 heavy (non-hydrogen) atoms. The number of carbonyl (C=O) groups is 1. The Labute approximate surface area is 198 Å². The van der Waals surface area contributed by atoms with E-state index < -0.39 is 0 Å². The molecular weight excluding hydrogens is 437 g/mol. The van der Waals surface area contributed by atoms with Crippen molar-refractivity contribution in [1.82, 2.24) is 19.9 Å². The molecule has 0 aliphatic carbocycles. The van der Waals surface area contributed by atoms with Crippen LogP contribution in [-0.4, -0.2) is 38.8 Å². The third-order valence-electron chi connectivity index (χ3n) is 5.82. The average molecular weight is 468 g/mol. The van der Waals surface area contributed by atoms with Crippen LogP contribution in [0.15, 0.2) is 30.3 Å². The van der Waals surface area contributed by atoms with Crippen LogP contribution < -0.4 is 5.32 Å². The predicted octanol–water partition coefficient (Wildman–Crippen LogP) is 6.03. The van der Waals surface area contributed by atoms with Crippen LogP contribution in [0.3, 0.4) is 0 Å². The summed E-state index contributed by atoms with van der Waals surface area (Å²) >= 11 is 1.65. The zero-order valence-corrected chi connectivity index (χ0v) is 20.4. The summed E-state index contributed by atoms with van der Waals surface area (Å²) in [6, 6.07) is 8.23. The van der Waals surface area contributed by atoms with E-state index in [9.17, 15) is 9.18 Å². The van der Waals surface area contributed by atoms with Crippen LogP contribution in [0.25, 0.3) is 10.6 Å². The van der Waals surface area contributed by atoms with Gasteiger partial charge in [-0.3, -0.25) is 4.79 Å². The van der Waals surface area contributed by atoms with Crippen molar-refractivity contribution in [3.05, 3.63) is 52.7 Å². The molecule has 1 saturated heterocycles. The normalized spacial score (nSPS) is 16.3. The molecular formula is C25H30FN5OS. The van der Waals surface area contributed by atoms with E-state index in [0.717, 1.165) is 40.7 Å². The number of benzene rings is 1. The zero-order chi connectivity index (χ0) is 23.5. The summed E-state index contributed by atoms with van der Waals surface area (Å²) in [6.07, 6.45) is 2.35. The Bertz CT molecular complexity index is 1150. The van der Waals surface area contributed by atoms with Gasteiger partial charge in [0.15, 0.2) is 0 Å². The molecule has 0 bridgehead atoms. The van der Waals surface area contributed by atoms with Gasteiger partial charge in [-0.2, -0.15) is 0 Å². The summed E-state index contributed by atoms with van der Waals surface area (Å²) in [4.78, 5) is 29.7. The lowest BCUT2D eigenvalue weighted by molar-refractivity contribution is -0.132. The van der Waals surface area contributed by atoms with Crippen LogP contribution in [0, 0.1) is 12.7 Å². The van der Waals surface area contributed by atoms with E-state index in [2.05, 4.69) is 19.2 Å². The number of nitrogens with zero attached hydrogens (tertiary/aromatic N) is 4. The number of nitrogens with one attached hydrogen (secondary N) is 1. The molecule has 1 fully saturated rings. The summed E-state index contributed by atoms with van der Waals surface area (Å²) in [5.41, 5.74) is 2.37. The van der Waals surface area contributed by atoms with E-state index in [1.165, 1.54) is 12.1 Å². The highest BCUT2D eigenvalue weighted by Gasteiger charge is 2.27. The highest BCUT2D eigenvalue weighted by molar-refractivity contribution is 7.15. The van der Waals surface area contributed by atoms with Gasteiger partial charge in [0.05, 0.1) is 21.3 Å². The Kier molecular flexibility index (Phi) is 7.02. The quantitative estimate of drug-likeness (QED) is 0.479. The Morgan fingerprint density at radius 3 is 2.79 bits per heavy atom. The number of anilines is 2. The van der Waals surface area contributed by atoms with Gasteiger partial charge in [0.2, 0.25) is 5.91 Å². The maximum absolute atomic E-state index is 13.8. The SMILES string of the molecule is CCC(=O)N1CCCC(c2nc(Nc3cccc(F)c3)cc(-c3sc(C(C)C)nc3C)n2)C1. The highest BCUT2D eigenvalue weighted by Crippen LogP contribution is 2.35. The topological polar surface area (TPSA) is 71.0 Å². The molecule has 0 spiro atoms. The van der Waals surface area contributed by atoms with E-state index in [1.807, 2.05) is 30.9 Å². The van der Waals surface area contributed by atoms with Crippen molar-refractivity contribution in [1.29, 1.82) is 0 Å². The number of piperidine rings is 1. The second-order valence-corrected chi connectivity index (χ2v) is 9.82. The number of carbonyl (C=O) groups excluding carboxylic acids is 1. The molecule has 1 unspecified atom stereocenters. The lowest BCUT2D eigenvalue weighted by atomic mass is 9.96. The van der Waals surface area contributed by atoms with E-state index in [1.54, 1.807) is 17.4 Å². The van der Waals surface area contributed by atoms with Crippen LogP contribution in [-0.2, 0) is 4.79 Å². The molecule has 6 nitrogen and oxygen atoms in total. The van der Waals surface area contributed by atoms with E-state index in [0.29, 0.717) is 36.2 Å². The van der Waals surface area contributed by atoms with Crippen molar-refractivity contribution >= 4 is 28.7 Å². The van der Waals surface area contributed by atoms with E-state index in [-0.39, 0.29) is 17.6 Å². The Morgan fingerprint density at radius 1 is 1.27 bits per heavy atom. The van der Waals surface area contributed by atoms with Gasteiger partial charge in [-0.25, -0.2) is 19.3 Å². The first-order valence-electron chi connectivity index (χ1n) is 11.5. The first-order valence-corrected chi connectivity index (χ1v) is 12.3. The average Bonchev–Trinajstić information content (AvgIpc) is 3.20. The summed E-state index contributed by atoms with van der Waals surface area (Å²) in [5, 5.41) is 4.31. The number of thiazole rings is 1. The molecule has 1 N–H and O–H groups in total. The standard InChI is InChI=1S/C25H30FN5OS/c1-5-22(32)31-11-7-8-17(14-31)24-29-20(23-16(4)27-25(33-23)15(2)3)13-21(30-24)28-19-10-6-9-18(26)12-19/h6,9-10,12-13,15,17H,5,7-8,11,14H2,1-4H3,(H,28,29,30). The summed E-state index contributed by atoms with van der Waals surface area (Å²) < 4.78 is 13.8. The molecule has 3 heterocycles. The number of aromatic nitrogens is 3. The molecule has 2 aromatic heterocycles. The number of hydrogen-bond donors (Lipinski definition) is 1. The summed E-state index contributed by atoms with van der Waals surface area (Å²) in [5.74, 6) is 1.56. The monoisotopic (exact) mass is 467 g/mol. The second-order valence-electron chi connectivity index (χ2n) is 8.79. The minimum atomic E-state index is -0.310. The van der Waals surface area contributed by atoms with E-state index >= 15 is 0 Å². The molecule has 1 aliphatic heterocycles. The fraction of sp³-hybridized carbons (Fsp3) is 0.440. The third kappa shape index (κ3) is 5.38. The maximum Gasteiger partial charge on any atom is 0.222 e. The summed E-state index contributed by atoms with van der Waals surface area (Å²) in [6.45, 7) is 9.55. The van der Waals surface area contributed by atoms with Crippen molar-refractivity contribution in [2.75, 3.05) is 18.4 Å². The fourth-order valence-electron chi connectivity index (χ4n) is 4.08. The summed E-state index contributed by atoms with van der Waals surface area (Å²) in [7, 11) is 0. The highest BCUT2D eigenvalue weighted by atomic mass is 32.1. The molecule has 1 atom stereocenters. The van der Waals surface area contributed by atoms with Gasteiger partial charge < -0.3 is 10.2 Å². The Balaban J connectivity index is 1.74. The van der Waals surface area contributed by atoms with Crippen LogP contribution in [0.4, 0.5) is 15.9 Å². The molecule has 0 radical (unpaired) electrons. The van der Waals surface area contributed by atoms with Gasteiger partial charge in [-0.1, -0.05) is 26.8 Å². The van der Waals surface area contributed by atoms with Crippen LogP contribution in [0.2, 0.25) is 0 Å². The number of rotatable bonds is 6. The first-order chi connectivity index (χ1) is 15.8. The molecule has 174 valence electrons. The van der Waals surface area contributed by atoms with Crippen LogP contribution in [0.5, 0.6) is 0 Å². The number of halogens is 1. The van der Waals surface area contributed by atoms with Crippen molar-refractivity contribution in [3.8, 4) is 10.6 Å². The van der Waals surface area contributed by atoms with Gasteiger partial charge in [0.25, 0.3) is 0 Å². The molecule has 3 aromatic rings. The Morgan fingerprint density at radius 2 is 2.09 bits per heavy atom. The molecule has 8 heteroatoms. The number of hydrogen-bond acceptors (Lipinski definition) is 6. The third-order valence-corrected chi connectivity index (χ3v) is 7.30. The van der Waals surface area contributed by atoms with Crippen molar-refractivity contribution in [2.45, 2.75) is 58.8 Å². The zero-order valence-electron chi connectivity index (χ0n) is 19.6. The Hall–Kier alpha value is -2.87. The molecule has 1 amide bonds. The minimum absolute atomic E-state index is 0.0556. The molecule has 1 aliphatic rings. The molecule has 0 saturated carbocycles. The molecule has 4 rings (SSSR count). The number of aryl methyl sites for hydroxylation is 1. The fourth-order valence-corrected chi connectivity index (χ4v) is 5.11. The van der Waals surface area contributed by atoms with Crippen molar-refractivity contribution in [3.63, 3.8) is 0 Å². The number of likely N-dealkylation sites (tertiary alicyclic amines) is 1. The smallest absolute Gasteiger partial charge is 0.222 e. The van der Waals surface area contributed by atoms with Gasteiger partial charge in [-0.15, -0.1) is 11.3 Å². The van der Waals surface area contributed by atoms with Gasteiger partial charge >= 0.3 is 0 Å². The van der Waals surface area contributed by atoms with Gasteiger partial charge in [-0.05, 0) is 38.0 Å². The minimum Gasteiger partial charge on any atom is -0.342 e. The van der Waals surface area contributed by atoms with Crippen molar-refractivity contribution < 1.29 is 9.18 Å². The molecule has 1 aromatic carbocycles. The van der Waals surface area contributed by atoms with Gasteiger partial charge in [0.1, 0.15) is 17.5 Å². The lowest BCUT2D eigenvalue weighted by Crippen LogP contribution is -2.39. The van der Waals surface area contributed by atoms with Crippen LogP contribution in [0.1, 0.15) is 68.4 Å².